The molecule has 2 aromatic rings. The van der Waals surface area contributed by atoms with Gasteiger partial charge in [-0.15, -0.1) is 10.2 Å². The molecular weight excluding hydrogens is 334 g/mol. The van der Waals surface area contributed by atoms with Gasteiger partial charge < -0.3 is 10.2 Å². The van der Waals surface area contributed by atoms with Gasteiger partial charge in [0.2, 0.25) is 10.3 Å². The fraction of sp³-hybridized carbons (Fsp3) is 0.500. The van der Waals surface area contributed by atoms with E-state index < -0.39 is 0 Å². The van der Waals surface area contributed by atoms with Gasteiger partial charge in [0.15, 0.2) is 0 Å². The lowest BCUT2D eigenvalue weighted by Gasteiger charge is -2.34. The first-order valence-electron chi connectivity index (χ1n) is 8.64. The number of hydrogen-bond acceptors (Lipinski definition) is 5. The van der Waals surface area contributed by atoms with Crippen LogP contribution in [-0.4, -0.2) is 29.3 Å². The van der Waals surface area contributed by atoms with Crippen molar-refractivity contribution in [1.82, 2.24) is 10.2 Å². The second-order valence-corrected chi connectivity index (χ2v) is 8.15. The Morgan fingerprint density at radius 1 is 1.08 bits per heavy atom. The van der Waals surface area contributed by atoms with Gasteiger partial charge in [-0.05, 0) is 55.4 Å². The largest absolute Gasteiger partial charge is 0.346 e. The van der Waals surface area contributed by atoms with E-state index in [9.17, 15) is 4.79 Å². The van der Waals surface area contributed by atoms with Crippen LogP contribution in [0.2, 0.25) is 0 Å². The summed E-state index contributed by atoms with van der Waals surface area (Å²) < 4.78 is 0. The van der Waals surface area contributed by atoms with Crippen LogP contribution in [0.3, 0.4) is 0 Å². The fourth-order valence-corrected chi connectivity index (χ4v) is 4.28. The number of piperidine rings is 1. The van der Waals surface area contributed by atoms with E-state index in [4.69, 9.17) is 0 Å². The van der Waals surface area contributed by atoms with Gasteiger partial charge in [-0.2, -0.15) is 0 Å². The lowest BCUT2D eigenvalue weighted by atomic mass is 9.92. The van der Waals surface area contributed by atoms with Gasteiger partial charge >= 0.3 is 6.03 Å². The molecule has 0 unspecified atom stereocenters. The van der Waals surface area contributed by atoms with Gasteiger partial charge in [-0.25, -0.2) is 4.79 Å². The van der Waals surface area contributed by atoms with E-state index in [-0.39, 0.29) is 6.03 Å². The summed E-state index contributed by atoms with van der Waals surface area (Å²) in [6.07, 6.45) is 1.25. The van der Waals surface area contributed by atoms with Gasteiger partial charge in [0.1, 0.15) is 0 Å². The summed E-state index contributed by atoms with van der Waals surface area (Å²) in [5.74, 6) is 1.30. The molecular formula is C18H25N5OS. The first-order chi connectivity index (χ1) is 11.9. The lowest BCUT2D eigenvalue weighted by molar-refractivity contribution is 0.262. The molecule has 2 amide bonds. The summed E-state index contributed by atoms with van der Waals surface area (Å²) in [5.41, 5.74) is 3.00. The molecule has 3 rings (SSSR count). The number of nitrogens with one attached hydrogen (secondary N) is 2. The highest BCUT2D eigenvalue weighted by atomic mass is 32.1. The zero-order valence-corrected chi connectivity index (χ0v) is 16.0. The lowest BCUT2D eigenvalue weighted by Crippen LogP contribution is -2.38. The minimum Gasteiger partial charge on any atom is -0.346 e. The molecule has 0 saturated carbocycles. The number of amides is 2. The highest BCUT2D eigenvalue weighted by molar-refractivity contribution is 7.19. The molecule has 1 aliphatic heterocycles. The molecule has 25 heavy (non-hydrogen) atoms. The number of aryl methyl sites for hydroxylation is 2. The Kier molecular flexibility index (Phi) is 5.22. The number of anilines is 3. The van der Waals surface area contributed by atoms with Gasteiger partial charge in [0.25, 0.3) is 0 Å². The average Bonchev–Trinajstić information content (AvgIpc) is 2.93. The molecule has 0 aliphatic carbocycles. The van der Waals surface area contributed by atoms with Crippen LogP contribution in [0.5, 0.6) is 0 Å². The standard InChI is InChI=1S/C18H25N5OS/c1-11-5-12(2)8-15(7-11)19-16(24)20-17-21-22-18(25-17)23-9-13(3)6-14(4)10-23/h5,7-8,13-14H,6,9-10H2,1-4H3,(H2,19,20,21,24)/t13-,14+. The molecule has 1 fully saturated rings. The minimum absolute atomic E-state index is 0.298. The zero-order valence-electron chi connectivity index (χ0n) is 15.2. The fourth-order valence-electron chi connectivity index (χ4n) is 3.52. The maximum Gasteiger partial charge on any atom is 0.325 e. The summed E-state index contributed by atoms with van der Waals surface area (Å²) in [7, 11) is 0. The van der Waals surface area contributed by atoms with Crippen LogP contribution in [0.4, 0.5) is 20.7 Å². The third-order valence-electron chi connectivity index (χ3n) is 4.25. The van der Waals surface area contributed by atoms with Crippen LogP contribution >= 0.6 is 11.3 Å². The van der Waals surface area contributed by atoms with Crippen molar-refractivity contribution in [3.8, 4) is 0 Å². The van der Waals surface area contributed by atoms with E-state index in [1.165, 1.54) is 17.8 Å². The maximum absolute atomic E-state index is 12.2. The topological polar surface area (TPSA) is 70.1 Å². The molecule has 0 bridgehead atoms. The average molecular weight is 359 g/mol. The van der Waals surface area contributed by atoms with Crippen molar-refractivity contribution in [3.05, 3.63) is 29.3 Å². The van der Waals surface area contributed by atoms with E-state index in [0.717, 1.165) is 35.0 Å². The van der Waals surface area contributed by atoms with Crippen molar-refractivity contribution < 1.29 is 4.79 Å². The van der Waals surface area contributed by atoms with Crippen molar-refractivity contribution in [2.24, 2.45) is 11.8 Å². The normalized spacial score (nSPS) is 20.4. The van der Waals surface area contributed by atoms with Crippen molar-refractivity contribution in [2.45, 2.75) is 34.1 Å². The van der Waals surface area contributed by atoms with E-state index in [0.29, 0.717) is 17.0 Å². The summed E-state index contributed by atoms with van der Waals surface area (Å²) in [6, 6.07) is 5.65. The first-order valence-corrected chi connectivity index (χ1v) is 9.45. The molecule has 1 saturated heterocycles. The Morgan fingerprint density at radius 2 is 1.72 bits per heavy atom. The highest BCUT2D eigenvalue weighted by Crippen LogP contribution is 2.30. The van der Waals surface area contributed by atoms with E-state index in [1.54, 1.807) is 0 Å². The van der Waals surface area contributed by atoms with E-state index in [1.807, 2.05) is 26.0 Å². The molecule has 7 heteroatoms. The van der Waals surface area contributed by atoms with Crippen molar-refractivity contribution in [2.75, 3.05) is 28.6 Å². The van der Waals surface area contributed by atoms with Gasteiger partial charge in [-0.1, -0.05) is 31.3 Å². The monoisotopic (exact) mass is 359 g/mol. The number of nitrogens with zero attached hydrogens (tertiary/aromatic N) is 3. The van der Waals surface area contributed by atoms with Gasteiger partial charge in [-0.3, -0.25) is 5.32 Å². The molecule has 2 heterocycles. The molecule has 0 radical (unpaired) electrons. The quantitative estimate of drug-likeness (QED) is 0.858. The van der Waals surface area contributed by atoms with E-state index in [2.05, 4.69) is 45.6 Å². The Morgan fingerprint density at radius 3 is 2.36 bits per heavy atom. The Balaban J connectivity index is 1.61. The Hall–Kier alpha value is -2.15. The van der Waals surface area contributed by atoms with Gasteiger partial charge in [0.05, 0.1) is 0 Å². The number of carbonyl (C=O) groups is 1. The third-order valence-corrected chi connectivity index (χ3v) is 5.15. The smallest absolute Gasteiger partial charge is 0.325 e. The van der Waals surface area contributed by atoms with Crippen molar-refractivity contribution in [3.63, 3.8) is 0 Å². The Labute approximate surface area is 152 Å². The summed E-state index contributed by atoms with van der Waals surface area (Å²) in [5, 5.41) is 15.4. The van der Waals surface area contributed by atoms with E-state index >= 15 is 0 Å². The molecule has 6 nitrogen and oxygen atoms in total. The van der Waals surface area contributed by atoms with Crippen LogP contribution in [0, 0.1) is 25.7 Å². The summed E-state index contributed by atoms with van der Waals surface area (Å²) >= 11 is 1.42. The molecule has 134 valence electrons. The number of carbonyl (C=O) groups excluding carboxylic acids is 1. The molecule has 0 spiro atoms. The predicted octanol–water partition coefficient (Wildman–Crippen LogP) is 4.28. The molecule has 2 atom stereocenters. The van der Waals surface area contributed by atoms with Crippen molar-refractivity contribution in [1.29, 1.82) is 0 Å². The van der Waals surface area contributed by atoms with Crippen LogP contribution in [-0.2, 0) is 0 Å². The molecule has 2 N–H and O–H groups in total. The van der Waals surface area contributed by atoms with Crippen LogP contribution in [0.1, 0.15) is 31.4 Å². The van der Waals surface area contributed by atoms with Crippen LogP contribution < -0.4 is 15.5 Å². The molecule has 1 aromatic carbocycles. The third kappa shape index (κ3) is 4.69. The zero-order chi connectivity index (χ0) is 18.0. The predicted molar refractivity (Wildman–Crippen MR) is 104 cm³/mol. The van der Waals surface area contributed by atoms with Gasteiger partial charge in [0, 0.05) is 18.8 Å². The Bertz CT molecular complexity index is 729. The first kappa shape index (κ1) is 17.7. The molecule has 1 aromatic heterocycles. The number of aromatic nitrogens is 2. The van der Waals surface area contributed by atoms with Crippen LogP contribution in [0.25, 0.3) is 0 Å². The van der Waals surface area contributed by atoms with Crippen molar-refractivity contribution >= 4 is 33.3 Å². The number of urea groups is 1. The minimum atomic E-state index is -0.298. The summed E-state index contributed by atoms with van der Waals surface area (Å²) in [6.45, 7) is 10.5. The SMILES string of the molecule is Cc1cc(C)cc(NC(=O)Nc2nnc(N3C[C@H](C)C[C@H](C)C3)s2)c1. The highest BCUT2D eigenvalue weighted by Gasteiger charge is 2.24. The second-order valence-electron chi connectivity index (χ2n) is 7.20. The number of hydrogen-bond donors (Lipinski definition) is 2. The molecule has 1 aliphatic rings. The van der Waals surface area contributed by atoms with Crippen LogP contribution in [0.15, 0.2) is 18.2 Å². The number of benzene rings is 1. The maximum atomic E-state index is 12.2. The summed E-state index contributed by atoms with van der Waals surface area (Å²) in [4.78, 5) is 14.5. The number of rotatable bonds is 3. The second kappa shape index (κ2) is 7.39.